The molecule has 1 amide bonds. The first-order valence-electron chi connectivity index (χ1n) is 8.79. The van der Waals surface area contributed by atoms with Crippen molar-refractivity contribution in [3.63, 3.8) is 0 Å². The number of nitrogens with one attached hydrogen (secondary N) is 1. The lowest BCUT2D eigenvalue weighted by atomic mass is 10.1. The molecule has 1 unspecified atom stereocenters. The molecule has 2 rings (SSSR count). The topological polar surface area (TPSA) is 75.7 Å². The van der Waals surface area contributed by atoms with Crippen molar-refractivity contribution in [2.24, 2.45) is 0 Å². The van der Waals surface area contributed by atoms with Crippen LogP contribution in [0.15, 0.2) is 53.4 Å². The first-order valence-corrected chi connectivity index (χ1v) is 10.2. The summed E-state index contributed by atoms with van der Waals surface area (Å²) in [6, 6.07) is 13.5. The van der Waals surface area contributed by atoms with Crippen LogP contribution in [0.3, 0.4) is 0 Å². The second kappa shape index (κ2) is 9.01. The van der Waals surface area contributed by atoms with Gasteiger partial charge in [0.05, 0.1) is 17.2 Å². The Kier molecular flexibility index (Phi) is 6.98. The van der Waals surface area contributed by atoms with Crippen LogP contribution in [0, 0.1) is 6.92 Å². The molecule has 2 aromatic carbocycles. The summed E-state index contributed by atoms with van der Waals surface area (Å²) in [4.78, 5) is 12.6. The molecule has 0 heterocycles. The van der Waals surface area contributed by atoms with Gasteiger partial charge in [-0.3, -0.25) is 9.10 Å². The number of carbonyl (C=O) groups is 1. The largest absolute Gasteiger partial charge is 0.383 e. The lowest BCUT2D eigenvalue weighted by molar-refractivity contribution is 0.0905. The van der Waals surface area contributed by atoms with E-state index in [-0.39, 0.29) is 23.4 Å². The Morgan fingerprint density at radius 3 is 2.44 bits per heavy atom. The molecular weight excluding hydrogens is 364 g/mol. The molecule has 0 saturated carbocycles. The third-order valence-electron chi connectivity index (χ3n) is 4.14. The number of rotatable bonds is 8. The first kappa shape index (κ1) is 20.9. The van der Waals surface area contributed by atoms with Crippen LogP contribution in [0.25, 0.3) is 0 Å². The summed E-state index contributed by atoms with van der Waals surface area (Å²) in [6.45, 7) is 5.98. The van der Waals surface area contributed by atoms with E-state index >= 15 is 0 Å². The Morgan fingerprint density at radius 1 is 1.19 bits per heavy atom. The molecule has 7 heteroatoms. The van der Waals surface area contributed by atoms with E-state index in [0.29, 0.717) is 23.4 Å². The highest BCUT2D eigenvalue weighted by molar-refractivity contribution is 7.92. The smallest absolute Gasteiger partial charge is 0.264 e. The molecule has 2 aromatic rings. The van der Waals surface area contributed by atoms with Crippen LogP contribution >= 0.6 is 0 Å². The third-order valence-corrected chi connectivity index (χ3v) is 6.19. The van der Waals surface area contributed by atoms with Crippen molar-refractivity contribution in [2.45, 2.75) is 31.7 Å². The fraction of sp³-hybridized carbons (Fsp3) is 0.350. The predicted molar refractivity (Wildman–Crippen MR) is 107 cm³/mol. The van der Waals surface area contributed by atoms with E-state index in [2.05, 4.69) is 5.32 Å². The van der Waals surface area contributed by atoms with E-state index in [1.807, 2.05) is 13.0 Å². The Bertz CT molecular complexity index is 882. The van der Waals surface area contributed by atoms with E-state index < -0.39 is 10.0 Å². The maximum absolute atomic E-state index is 13.3. The van der Waals surface area contributed by atoms with E-state index in [1.165, 1.54) is 10.4 Å². The van der Waals surface area contributed by atoms with Crippen LogP contribution in [-0.2, 0) is 14.8 Å². The van der Waals surface area contributed by atoms with E-state index in [1.54, 1.807) is 57.4 Å². The van der Waals surface area contributed by atoms with Crippen LogP contribution in [0.2, 0.25) is 0 Å². The summed E-state index contributed by atoms with van der Waals surface area (Å²) in [7, 11) is -2.24. The Hall–Kier alpha value is -2.38. The van der Waals surface area contributed by atoms with Crippen molar-refractivity contribution >= 4 is 21.6 Å². The Labute approximate surface area is 161 Å². The zero-order valence-electron chi connectivity index (χ0n) is 16.1. The van der Waals surface area contributed by atoms with Gasteiger partial charge >= 0.3 is 0 Å². The van der Waals surface area contributed by atoms with Crippen molar-refractivity contribution in [3.05, 3.63) is 59.7 Å². The quantitative estimate of drug-likeness (QED) is 0.752. The highest BCUT2D eigenvalue weighted by Crippen LogP contribution is 2.26. The molecule has 0 bridgehead atoms. The number of anilines is 1. The van der Waals surface area contributed by atoms with Gasteiger partial charge in [-0.05, 0) is 50.6 Å². The fourth-order valence-corrected chi connectivity index (χ4v) is 4.55. The molecule has 27 heavy (non-hydrogen) atoms. The number of sulfonamides is 1. The van der Waals surface area contributed by atoms with Gasteiger partial charge in [0, 0.05) is 25.3 Å². The molecule has 0 radical (unpaired) electrons. The highest BCUT2D eigenvalue weighted by Gasteiger charge is 2.26. The lowest BCUT2D eigenvalue weighted by Crippen LogP contribution is -2.36. The van der Waals surface area contributed by atoms with Crippen LogP contribution < -0.4 is 9.62 Å². The minimum Gasteiger partial charge on any atom is -0.383 e. The molecule has 0 aliphatic heterocycles. The van der Waals surface area contributed by atoms with Gasteiger partial charge in [0.25, 0.3) is 15.9 Å². The summed E-state index contributed by atoms with van der Waals surface area (Å²) in [5, 5.41) is 2.80. The van der Waals surface area contributed by atoms with Gasteiger partial charge in [-0.15, -0.1) is 0 Å². The minimum absolute atomic E-state index is 0.125. The summed E-state index contributed by atoms with van der Waals surface area (Å²) in [6.07, 6.45) is 0. The number of aryl methyl sites for hydroxylation is 1. The molecule has 0 fully saturated rings. The SMILES string of the molecule is CCN(c1ccccc1)S(=O)(=O)c1cc(C(=O)NC(C)COC)ccc1C. The number of hydrogen-bond donors (Lipinski definition) is 1. The standard InChI is InChI=1S/C20H26N2O4S/c1-5-22(18-9-7-6-8-10-18)27(24,25)19-13-17(12-11-15(19)2)20(23)21-16(3)14-26-4/h6-13,16H,5,14H2,1-4H3,(H,21,23). The number of ether oxygens (including phenoxy) is 1. The number of methoxy groups -OCH3 is 1. The molecule has 0 aromatic heterocycles. The van der Waals surface area contributed by atoms with Crippen LogP contribution in [0.5, 0.6) is 0 Å². The highest BCUT2D eigenvalue weighted by atomic mass is 32.2. The maximum Gasteiger partial charge on any atom is 0.264 e. The normalized spacial score (nSPS) is 12.4. The number of carbonyl (C=O) groups excluding carboxylic acids is 1. The number of hydrogen-bond acceptors (Lipinski definition) is 4. The second-order valence-electron chi connectivity index (χ2n) is 6.32. The predicted octanol–water partition coefficient (Wildman–Crippen LogP) is 2.97. The summed E-state index contributed by atoms with van der Waals surface area (Å²) < 4.78 is 32.9. The third kappa shape index (κ3) is 4.87. The second-order valence-corrected chi connectivity index (χ2v) is 8.15. The molecular formula is C20H26N2O4S. The Balaban J connectivity index is 2.40. The van der Waals surface area contributed by atoms with E-state index in [9.17, 15) is 13.2 Å². The van der Waals surface area contributed by atoms with E-state index in [4.69, 9.17) is 4.74 Å². The summed E-state index contributed by atoms with van der Waals surface area (Å²) in [5.41, 5.74) is 1.47. The van der Waals surface area contributed by atoms with Crippen molar-refractivity contribution < 1.29 is 17.9 Å². The van der Waals surface area contributed by atoms with Gasteiger partial charge in [-0.25, -0.2) is 8.42 Å². The molecule has 1 N–H and O–H groups in total. The molecule has 6 nitrogen and oxygen atoms in total. The molecule has 0 saturated heterocycles. The molecule has 0 spiro atoms. The summed E-state index contributed by atoms with van der Waals surface area (Å²) in [5.74, 6) is -0.334. The average Bonchev–Trinajstić information content (AvgIpc) is 2.63. The first-order chi connectivity index (χ1) is 12.8. The number of para-hydroxylation sites is 1. The number of amides is 1. The average molecular weight is 391 g/mol. The zero-order chi connectivity index (χ0) is 20.0. The van der Waals surface area contributed by atoms with Crippen molar-refractivity contribution in [2.75, 3.05) is 24.6 Å². The minimum atomic E-state index is -3.80. The Morgan fingerprint density at radius 2 is 1.85 bits per heavy atom. The maximum atomic E-state index is 13.3. The van der Waals surface area contributed by atoms with Gasteiger partial charge in [-0.2, -0.15) is 0 Å². The zero-order valence-corrected chi connectivity index (χ0v) is 16.9. The number of benzene rings is 2. The van der Waals surface area contributed by atoms with Gasteiger partial charge in [0.1, 0.15) is 0 Å². The van der Waals surface area contributed by atoms with E-state index in [0.717, 1.165) is 0 Å². The van der Waals surface area contributed by atoms with Crippen LogP contribution in [0.4, 0.5) is 5.69 Å². The summed E-state index contributed by atoms with van der Waals surface area (Å²) >= 11 is 0. The van der Waals surface area contributed by atoms with Crippen molar-refractivity contribution in [3.8, 4) is 0 Å². The van der Waals surface area contributed by atoms with Gasteiger partial charge < -0.3 is 10.1 Å². The molecule has 146 valence electrons. The molecule has 0 aliphatic rings. The number of nitrogens with zero attached hydrogens (tertiary/aromatic N) is 1. The molecule has 1 atom stereocenters. The fourth-order valence-electron chi connectivity index (χ4n) is 2.82. The monoisotopic (exact) mass is 390 g/mol. The van der Waals surface area contributed by atoms with Crippen LogP contribution in [-0.4, -0.2) is 40.6 Å². The van der Waals surface area contributed by atoms with Gasteiger partial charge in [0.15, 0.2) is 0 Å². The van der Waals surface area contributed by atoms with Crippen LogP contribution in [0.1, 0.15) is 29.8 Å². The molecule has 0 aliphatic carbocycles. The van der Waals surface area contributed by atoms with Crippen molar-refractivity contribution in [1.29, 1.82) is 0 Å². The van der Waals surface area contributed by atoms with Gasteiger partial charge in [0.2, 0.25) is 0 Å². The van der Waals surface area contributed by atoms with Gasteiger partial charge in [-0.1, -0.05) is 24.3 Å². The lowest BCUT2D eigenvalue weighted by Gasteiger charge is -2.24. The van der Waals surface area contributed by atoms with Crippen molar-refractivity contribution in [1.82, 2.24) is 5.32 Å².